The lowest BCUT2D eigenvalue weighted by atomic mass is 9.77. The van der Waals surface area contributed by atoms with Gasteiger partial charge in [-0.25, -0.2) is 4.39 Å². The molecule has 1 aliphatic heterocycles. The van der Waals surface area contributed by atoms with Crippen molar-refractivity contribution in [3.05, 3.63) is 71.5 Å². The molecule has 0 aromatic heterocycles. The summed E-state index contributed by atoms with van der Waals surface area (Å²) in [6.45, 7) is 1.29. The molecule has 0 aliphatic carbocycles. The molecule has 1 aliphatic rings. The minimum Gasteiger partial charge on any atom is -0.468 e. The summed E-state index contributed by atoms with van der Waals surface area (Å²) in [7, 11) is 2.36. The zero-order valence-corrected chi connectivity index (χ0v) is 20.2. The molecule has 0 spiro atoms. The monoisotopic (exact) mass is 485 g/mol. The van der Waals surface area contributed by atoms with E-state index < -0.39 is 35.5 Å². The molecule has 0 radical (unpaired) electrons. The average molecular weight is 486 g/mol. The van der Waals surface area contributed by atoms with Gasteiger partial charge in [0, 0.05) is 19.0 Å². The first kappa shape index (κ1) is 26.3. The van der Waals surface area contributed by atoms with Crippen LogP contribution < -0.4 is 0 Å². The Bertz CT molecular complexity index is 959. The topological polar surface area (TPSA) is 82.1 Å². The minimum atomic E-state index is -1.40. The molecule has 35 heavy (non-hydrogen) atoms. The number of halogens is 1. The fourth-order valence-corrected chi connectivity index (χ4v) is 4.53. The van der Waals surface area contributed by atoms with Crippen molar-refractivity contribution in [3.63, 3.8) is 0 Å². The van der Waals surface area contributed by atoms with Crippen LogP contribution in [0, 0.1) is 17.7 Å². The van der Waals surface area contributed by atoms with E-state index in [9.17, 15) is 18.8 Å². The molecule has 0 saturated carbocycles. The lowest BCUT2D eigenvalue weighted by molar-refractivity contribution is -0.164. The first-order valence-electron chi connectivity index (χ1n) is 11.8. The first-order chi connectivity index (χ1) is 17.0. The molecule has 2 atom stereocenters. The smallest absolute Gasteiger partial charge is 0.320 e. The van der Waals surface area contributed by atoms with Crippen molar-refractivity contribution in [2.24, 2.45) is 11.8 Å². The summed E-state index contributed by atoms with van der Waals surface area (Å²) in [5.41, 5.74) is 1.40. The maximum atomic E-state index is 13.9. The minimum absolute atomic E-state index is 0.0919. The summed E-state index contributed by atoms with van der Waals surface area (Å²) >= 11 is 0. The number of rotatable bonds is 10. The maximum absolute atomic E-state index is 13.9. The Kier molecular flexibility index (Phi) is 9.78. The predicted octanol–water partition coefficient (Wildman–Crippen LogP) is 3.72. The van der Waals surface area contributed by atoms with Gasteiger partial charge < -0.3 is 19.1 Å². The van der Waals surface area contributed by atoms with Gasteiger partial charge in [0.2, 0.25) is 5.91 Å². The number of benzene rings is 2. The molecule has 188 valence electrons. The summed E-state index contributed by atoms with van der Waals surface area (Å²) in [5.74, 6) is -5.59. The van der Waals surface area contributed by atoms with E-state index in [4.69, 9.17) is 14.2 Å². The van der Waals surface area contributed by atoms with Crippen molar-refractivity contribution in [2.45, 2.75) is 31.8 Å². The Morgan fingerprint density at radius 2 is 1.49 bits per heavy atom. The molecule has 8 heteroatoms. The van der Waals surface area contributed by atoms with Crippen LogP contribution in [0.25, 0.3) is 0 Å². The summed E-state index contributed by atoms with van der Waals surface area (Å²) in [6, 6.07) is 15.0. The van der Waals surface area contributed by atoms with Crippen molar-refractivity contribution in [1.29, 1.82) is 0 Å². The number of carbonyl (C=O) groups excluding carboxylic acids is 3. The molecule has 7 nitrogen and oxygen atoms in total. The second-order valence-corrected chi connectivity index (χ2v) is 8.60. The first-order valence-corrected chi connectivity index (χ1v) is 11.8. The van der Waals surface area contributed by atoms with E-state index in [0.717, 1.165) is 24.8 Å². The van der Waals surface area contributed by atoms with E-state index in [-0.39, 0.29) is 19.1 Å². The lowest BCUT2D eigenvalue weighted by Gasteiger charge is -2.36. The number of nitrogens with zero attached hydrogens (tertiary/aromatic N) is 1. The molecule has 2 aromatic carbocycles. The third-order valence-electron chi connectivity index (χ3n) is 6.35. The number of carbonyl (C=O) groups is 3. The predicted molar refractivity (Wildman–Crippen MR) is 127 cm³/mol. The number of ether oxygens (including phenoxy) is 3. The molecule has 3 rings (SSSR count). The third-order valence-corrected chi connectivity index (χ3v) is 6.35. The van der Waals surface area contributed by atoms with E-state index in [1.54, 1.807) is 4.90 Å². The molecule has 2 aromatic rings. The van der Waals surface area contributed by atoms with E-state index in [0.29, 0.717) is 18.7 Å². The Balaban J connectivity index is 2.01. The van der Waals surface area contributed by atoms with Gasteiger partial charge >= 0.3 is 11.9 Å². The van der Waals surface area contributed by atoms with Crippen LogP contribution in [-0.2, 0) is 35.2 Å². The number of esters is 2. The van der Waals surface area contributed by atoms with E-state index in [2.05, 4.69) is 0 Å². The standard InChI is InChI=1S/C27H32FNO6/c1-33-26(31)24(27(32)34-2)22(18-35-17-19-9-5-3-6-10-19)23(20-11-13-21(28)14-12-20)25(30)29-15-7-4-8-16-29/h3,5-6,9-14,22-24H,4,7-8,15-18H2,1-2H3. The van der Waals surface area contributed by atoms with Crippen LogP contribution in [-0.4, -0.2) is 56.7 Å². The van der Waals surface area contributed by atoms with Crippen molar-refractivity contribution < 1.29 is 33.0 Å². The van der Waals surface area contributed by atoms with Gasteiger partial charge in [0.05, 0.1) is 33.4 Å². The molecule has 1 heterocycles. The van der Waals surface area contributed by atoms with Crippen LogP contribution in [0.5, 0.6) is 0 Å². The molecule has 1 saturated heterocycles. The van der Waals surface area contributed by atoms with Gasteiger partial charge in [0.1, 0.15) is 5.82 Å². The van der Waals surface area contributed by atoms with Crippen molar-refractivity contribution in [1.82, 2.24) is 4.90 Å². The number of hydrogen-bond acceptors (Lipinski definition) is 6. The molecule has 1 fully saturated rings. The van der Waals surface area contributed by atoms with Crippen LogP contribution in [0.1, 0.15) is 36.3 Å². The number of amides is 1. The lowest BCUT2D eigenvalue weighted by Crippen LogP contribution is -2.46. The highest BCUT2D eigenvalue weighted by Gasteiger charge is 2.45. The molecule has 0 bridgehead atoms. The molecule has 1 amide bonds. The van der Waals surface area contributed by atoms with Crippen LogP contribution in [0.4, 0.5) is 4.39 Å². The van der Waals surface area contributed by atoms with Gasteiger partial charge in [-0.15, -0.1) is 0 Å². The molecular weight excluding hydrogens is 453 g/mol. The Morgan fingerprint density at radius 1 is 0.886 bits per heavy atom. The van der Waals surface area contributed by atoms with Gasteiger partial charge in [0.15, 0.2) is 5.92 Å². The Labute approximate surface area is 205 Å². The van der Waals surface area contributed by atoms with Crippen molar-refractivity contribution in [3.8, 4) is 0 Å². The van der Waals surface area contributed by atoms with Gasteiger partial charge in [-0.05, 0) is 42.5 Å². The largest absolute Gasteiger partial charge is 0.468 e. The van der Waals surface area contributed by atoms with Gasteiger partial charge in [-0.1, -0.05) is 42.5 Å². The van der Waals surface area contributed by atoms with Crippen LogP contribution in [0.2, 0.25) is 0 Å². The summed E-state index contributed by atoms with van der Waals surface area (Å²) in [5, 5.41) is 0. The summed E-state index contributed by atoms with van der Waals surface area (Å²) < 4.78 is 29.6. The fourth-order valence-electron chi connectivity index (χ4n) is 4.53. The van der Waals surface area contributed by atoms with Crippen molar-refractivity contribution in [2.75, 3.05) is 33.9 Å². The molecule has 0 N–H and O–H groups in total. The fraction of sp³-hybridized carbons (Fsp3) is 0.444. The zero-order chi connectivity index (χ0) is 25.2. The zero-order valence-electron chi connectivity index (χ0n) is 20.2. The molecular formula is C27H32FNO6. The maximum Gasteiger partial charge on any atom is 0.320 e. The summed E-state index contributed by atoms with van der Waals surface area (Å²) in [4.78, 5) is 41.2. The van der Waals surface area contributed by atoms with Crippen LogP contribution in [0.3, 0.4) is 0 Å². The van der Waals surface area contributed by atoms with Gasteiger partial charge in [-0.2, -0.15) is 0 Å². The van der Waals surface area contributed by atoms with E-state index in [1.165, 1.54) is 38.5 Å². The normalized spacial score (nSPS) is 15.4. The number of methoxy groups -OCH3 is 2. The van der Waals surface area contributed by atoms with Crippen molar-refractivity contribution >= 4 is 17.8 Å². The second-order valence-electron chi connectivity index (χ2n) is 8.60. The van der Waals surface area contributed by atoms with Gasteiger partial charge in [0.25, 0.3) is 0 Å². The number of hydrogen-bond donors (Lipinski definition) is 0. The quantitative estimate of drug-likeness (QED) is 0.377. The Hall–Kier alpha value is -3.26. The number of piperidine rings is 1. The second kappa shape index (κ2) is 13.0. The third kappa shape index (κ3) is 6.88. The Morgan fingerprint density at radius 3 is 2.06 bits per heavy atom. The van der Waals surface area contributed by atoms with Gasteiger partial charge in [-0.3, -0.25) is 14.4 Å². The van der Waals surface area contributed by atoms with Crippen LogP contribution >= 0.6 is 0 Å². The highest BCUT2D eigenvalue weighted by Crippen LogP contribution is 2.35. The van der Waals surface area contributed by atoms with E-state index in [1.807, 2.05) is 30.3 Å². The number of likely N-dealkylation sites (tertiary alicyclic amines) is 1. The average Bonchev–Trinajstić information content (AvgIpc) is 2.90. The molecule has 2 unspecified atom stereocenters. The highest BCUT2D eigenvalue weighted by molar-refractivity contribution is 5.96. The SMILES string of the molecule is COC(=O)C(C(=O)OC)C(COCc1ccccc1)C(C(=O)N1CCCCC1)c1ccc(F)cc1. The highest BCUT2D eigenvalue weighted by atomic mass is 19.1. The van der Waals surface area contributed by atoms with Crippen LogP contribution in [0.15, 0.2) is 54.6 Å². The summed E-state index contributed by atoms with van der Waals surface area (Å²) in [6.07, 6.45) is 2.77. The van der Waals surface area contributed by atoms with E-state index >= 15 is 0 Å².